The molecule has 0 unspecified atom stereocenters. The molecule has 0 radical (unpaired) electrons. The fourth-order valence-electron chi connectivity index (χ4n) is 3.73. The first-order valence-corrected chi connectivity index (χ1v) is 12.3. The highest BCUT2D eigenvalue weighted by Crippen LogP contribution is 2.37. The number of aromatic nitrogens is 1. The van der Waals surface area contributed by atoms with Crippen LogP contribution in [0.1, 0.15) is 33.6 Å². The highest BCUT2D eigenvalue weighted by Gasteiger charge is 2.28. The van der Waals surface area contributed by atoms with Crippen molar-refractivity contribution in [2.24, 2.45) is 18.4 Å². The van der Waals surface area contributed by atoms with Crippen molar-refractivity contribution in [2.45, 2.75) is 43.4 Å². The Kier molecular flexibility index (Phi) is 6.86. The van der Waals surface area contributed by atoms with Gasteiger partial charge in [0.15, 0.2) is 0 Å². The lowest BCUT2D eigenvalue weighted by molar-refractivity contribution is 0.0684. The van der Waals surface area contributed by atoms with Crippen molar-refractivity contribution >= 4 is 21.2 Å². The zero-order valence-corrected chi connectivity index (χ0v) is 20.1. The smallest absolute Gasteiger partial charge is 0.251 e. The third-order valence-electron chi connectivity index (χ3n) is 5.96. The summed E-state index contributed by atoms with van der Waals surface area (Å²) in [6, 6.07) is 7.29. The van der Waals surface area contributed by atoms with Crippen LogP contribution in [0.3, 0.4) is 0 Å². The van der Waals surface area contributed by atoms with E-state index in [0.29, 0.717) is 11.6 Å². The summed E-state index contributed by atoms with van der Waals surface area (Å²) in [4.78, 5) is 14.1. The molecule has 1 aliphatic heterocycles. The van der Waals surface area contributed by atoms with E-state index >= 15 is 0 Å². The molecule has 0 bridgehead atoms. The van der Waals surface area contributed by atoms with Crippen molar-refractivity contribution in [3.63, 3.8) is 0 Å². The highest BCUT2D eigenvalue weighted by molar-refractivity contribution is 7.91. The maximum absolute atomic E-state index is 13.1. The summed E-state index contributed by atoms with van der Waals surface area (Å²) in [6.45, 7) is 12.8. The standard InChI is InChI=1S/C24H33N3O4S/c1-17(24(2,3)4)27(16-18-9-12-31-13-10-18)22-7-6-19(14-21(22)25)32(29,30)20-8-11-26(5)23(28)15-20/h6-8,11,14-15,18H,1,9-10,12-13,16,25H2,2-5H3. The SMILES string of the molecule is C=C(N(CC1CCOCC1)c1ccc(S(=O)(=O)c2ccn(C)c(=O)c2)cc1N)C(C)(C)C. The summed E-state index contributed by atoms with van der Waals surface area (Å²) in [5.41, 5.74) is 7.83. The Balaban J connectivity index is 1.99. The number of hydrogen-bond acceptors (Lipinski definition) is 6. The first kappa shape index (κ1) is 24.1. The number of nitrogens with zero attached hydrogens (tertiary/aromatic N) is 2. The van der Waals surface area contributed by atoms with Crippen LogP contribution in [0, 0.1) is 11.3 Å². The Morgan fingerprint density at radius 3 is 2.38 bits per heavy atom. The van der Waals surface area contributed by atoms with Crippen LogP contribution in [0.2, 0.25) is 0 Å². The molecule has 3 rings (SSSR count). The molecule has 0 aliphatic carbocycles. The van der Waals surface area contributed by atoms with E-state index in [4.69, 9.17) is 10.5 Å². The summed E-state index contributed by atoms with van der Waals surface area (Å²) in [5.74, 6) is 0.436. The Hall–Kier alpha value is -2.58. The van der Waals surface area contributed by atoms with Crippen LogP contribution in [0.25, 0.3) is 0 Å². The molecular weight excluding hydrogens is 426 g/mol. The third kappa shape index (κ3) is 5.07. The minimum atomic E-state index is -3.87. The summed E-state index contributed by atoms with van der Waals surface area (Å²) in [6.07, 6.45) is 3.36. The van der Waals surface area contributed by atoms with Gasteiger partial charge in [0, 0.05) is 50.2 Å². The third-order valence-corrected chi connectivity index (χ3v) is 7.71. The van der Waals surface area contributed by atoms with Gasteiger partial charge in [0.1, 0.15) is 0 Å². The van der Waals surface area contributed by atoms with Gasteiger partial charge in [0.05, 0.1) is 21.2 Å². The number of allylic oxidation sites excluding steroid dienone is 1. The van der Waals surface area contributed by atoms with Crippen LogP contribution < -0.4 is 16.2 Å². The number of nitrogen functional groups attached to an aromatic ring is 1. The molecule has 0 saturated carbocycles. The van der Waals surface area contributed by atoms with Gasteiger partial charge in [-0.05, 0) is 43.0 Å². The molecule has 8 heteroatoms. The second-order valence-corrected chi connectivity index (χ2v) is 11.3. The van der Waals surface area contributed by atoms with E-state index in [0.717, 1.165) is 50.1 Å². The lowest BCUT2D eigenvalue weighted by Gasteiger charge is -2.38. The molecule has 0 spiro atoms. The molecule has 32 heavy (non-hydrogen) atoms. The van der Waals surface area contributed by atoms with Crippen molar-refractivity contribution in [3.05, 3.63) is 59.2 Å². The fourth-order valence-corrected chi connectivity index (χ4v) is 5.02. The van der Waals surface area contributed by atoms with Crippen molar-refractivity contribution in [3.8, 4) is 0 Å². The molecule has 0 amide bonds. The number of nitrogens with two attached hydrogens (primary N) is 1. The van der Waals surface area contributed by atoms with Gasteiger partial charge in [0.25, 0.3) is 5.56 Å². The van der Waals surface area contributed by atoms with E-state index in [-0.39, 0.29) is 20.8 Å². The van der Waals surface area contributed by atoms with Crippen molar-refractivity contribution in [2.75, 3.05) is 30.4 Å². The molecular formula is C24H33N3O4S. The van der Waals surface area contributed by atoms with Crippen LogP contribution in [-0.2, 0) is 21.6 Å². The number of ether oxygens (including phenoxy) is 1. The molecule has 1 aliphatic rings. The maximum Gasteiger partial charge on any atom is 0.251 e. The van der Waals surface area contributed by atoms with Gasteiger partial charge in [-0.1, -0.05) is 27.4 Å². The van der Waals surface area contributed by atoms with Gasteiger partial charge in [-0.25, -0.2) is 8.42 Å². The minimum Gasteiger partial charge on any atom is -0.397 e. The average molecular weight is 460 g/mol. The number of hydrogen-bond donors (Lipinski definition) is 1. The molecule has 2 N–H and O–H groups in total. The molecule has 1 aromatic carbocycles. The Morgan fingerprint density at radius 2 is 1.81 bits per heavy atom. The van der Waals surface area contributed by atoms with Crippen LogP contribution in [0.5, 0.6) is 0 Å². The number of rotatable bonds is 6. The molecule has 1 saturated heterocycles. The topological polar surface area (TPSA) is 94.6 Å². The van der Waals surface area contributed by atoms with E-state index in [1.807, 2.05) is 0 Å². The predicted molar refractivity (Wildman–Crippen MR) is 127 cm³/mol. The van der Waals surface area contributed by atoms with Crippen LogP contribution >= 0.6 is 0 Å². The minimum absolute atomic E-state index is 0.0501. The summed E-state index contributed by atoms with van der Waals surface area (Å²) < 4.78 is 33.0. The van der Waals surface area contributed by atoms with Gasteiger partial charge in [-0.2, -0.15) is 0 Å². The highest BCUT2D eigenvalue weighted by atomic mass is 32.2. The normalized spacial score (nSPS) is 15.5. The Morgan fingerprint density at radius 1 is 1.19 bits per heavy atom. The summed E-state index contributed by atoms with van der Waals surface area (Å²) in [5, 5.41) is 0. The van der Waals surface area contributed by atoms with Gasteiger partial charge in [0.2, 0.25) is 9.84 Å². The van der Waals surface area contributed by atoms with E-state index in [2.05, 4.69) is 32.3 Å². The van der Waals surface area contributed by atoms with E-state index in [9.17, 15) is 13.2 Å². The van der Waals surface area contributed by atoms with E-state index in [1.54, 1.807) is 19.2 Å². The zero-order valence-electron chi connectivity index (χ0n) is 19.3. The van der Waals surface area contributed by atoms with Gasteiger partial charge in [-0.3, -0.25) is 4.79 Å². The quantitative estimate of drug-likeness (QED) is 0.664. The Labute approximate surface area is 190 Å². The summed E-state index contributed by atoms with van der Waals surface area (Å²) >= 11 is 0. The predicted octanol–water partition coefficient (Wildman–Crippen LogP) is 3.59. The van der Waals surface area contributed by atoms with Crippen LogP contribution in [-0.4, -0.2) is 32.7 Å². The number of anilines is 2. The molecule has 1 aromatic heterocycles. The number of benzene rings is 1. The largest absolute Gasteiger partial charge is 0.397 e. The second kappa shape index (κ2) is 9.11. The Bertz CT molecular complexity index is 1160. The van der Waals surface area contributed by atoms with E-state index in [1.165, 1.54) is 22.9 Å². The fraction of sp³-hybridized carbons (Fsp3) is 0.458. The lowest BCUT2D eigenvalue weighted by atomic mass is 9.90. The number of pyridine rings is 1. The van der Waals surface area contributed by atoms with Gasteiger partial charge >= 0.3 is 0 Å². The average Bonchev–Trinajstić information content (AvgIpc) is 2.73. The van der Waals surface area contributed by atoms with Crippen molar-refractivity contribution in [1.82, 2.24) is 4.57 Å². The first-order valence-electron chi connectivity index (χ1n) is 10.8. The second-order valence-electron chi connectivity index (χ2n) is 9.40. The lowest BCUT2D eigenvalue weighted by Crippen LogP contribution is -2.36. The maximum atomic E-state index is 13.1. The first-order chi connectivity index (χ1) is 14.9. The molecule has 2 heterocycles. The summed E-state index contributed by atoms with van der Waals surface area (Å²) in [7, 11) is -2.30. The molecule has 1 fully saturated rings. The number of sulfone groups is 1. The van der Waals surface area contributed by atoms with Gasteiger partial charge < -0.3 is 19.9 Å². The molecule has 0 atom stereocenters. The zero-order chi connectivity index (χ0) is 23.7. The van der Waals surface area contributed by atoms with Gasteiger partial charge in [-0.15, -0.1) is 0 Å². The molecule has 7 nitrogen and oxygen atoms in total. The number of aryl methyl sites for hydroxylation is 1. The van der Waals surface area contributed by atoms with E-state index < -0.39 is 9.84 Å². The molecule has 2 aromatic rings. The van der Waals surface area contributed by atoms with Crippen molar-refractivity contribution in [1.29, 1.82) is 0 Å². The molecule has 174 valence electrons. The van der Waals surface area contributed by atoms with Crippen LogP contribution in [0.4, 0.5) is 11.4 Å². The van der Waals surface area contributed by atoms with Crippen molar-refractivity contribution < 1.29 is 13.2 Å². The van der Waals surface area contributed by atoms with Crippen LogP contribution in [0.15, 0.2) is 63.4 Å². The monoisotopic (exact) mass is 459 g/mol.